The predicted octanol–water partition coefficient (Wildman–Crippen LogP) is 2.81. The van der Waals surface area contributed by atoms with Gasteiger partial charge in [-0.1, -0.05) is 60.7 Å². The number of carboxylic acids is 1. The van der Waals surface area contributed by atoms with Crippen LogP contribution in [0.4, 0.5) is 0 Å². The molecule has 1 aliphatic heterocycles. The zero-order valence-electron chi connectivity index (χ0n) is 15.5. The molecule has 5 nitrogen and oxygen atoms in total. The van der Waals surface area contributed by atoms with Crippen molar-refractivity contribution in [1.29, 1.82) is 0 Å². The monoisotopic (exact) mass is 366 g/mol. The van der Waals surface area contributed by atoms with Crippen molar-refractivity contribution in [3.63, 3.8) is 0 Å². The summed E-state index contributed by atoms with van der Waals surface area (Å²) in [5.74, 6) is -0.845. The van der Waals surface area contributed by atoms with Gasteiger partial charge in [0.2, 0.25) is 5.91 Å². The van der Waals surface area contributed by atoms with Gasteiger partial charge in [-0.15, -0.1) is 0 Å². The zero-order valence-corrected chi connectivity index (χ0v) is 15.5. The van der Waals surface area contributed by atoms with Gasteiger partial charge in [0.05, 0.1) is 6.54 Å². The summed E-state index contributed by atoms with van der Waals surface area (Å²) in [5.41, 5.74) is 2.27. The van der Waals surface area contributed by atoms with Crippen LogP contribution in [-0.2, 0) is 22.6 Å². The van der Waals surface area contributed by atoms with Crippen LogP contribution in [0.15, 0.2) is 60.7 Å². The highest BCUT2D eigenvalue weighted by Crippen LogP contribution is 2.18. The van der Waals surface area contributed by atoms with Crippen LogP contribution in [0, 0.1) is 0 Å². The molecule has 1 saturated heterocycles. The highest BCUT2D eigenvalue weighted by molar-refractivity contribution is 5.80. The number of rotatable bonds is 8. The van der Waals surface area contributed by atoms with Crippen LogP contribution in [0.2, 0.25) is 0 Å². The van der Waals surface area contributed by atoms with E-state index in [4.69, 9.17) is 0 Å². The van der Waals surface area contributed by atoms with Gasteiger partial charge in [0.1, 0.15) is 6.04 Å². The third-order valence-corrected chi connectivity index (χ3v) is 5.07. The normalized spacial score (nSPS) is 17.0. The Morgan fingerprint density at radius 1 is 1.00 bits per heavy atom. The van der Waals surface area contributed by atoms with Gasteiger partial charge in [-0.25, -0.2) is 0 Å². The molecule has 0 aromatic heterocycles. The molecule has 0 saturated carbocycles. The molecular weight excluding hydrogens is 340 g/mol. The van der Waals surface area contributed by atoms with Crippen molar-refractivity contribution < 1.29 is 14.7 Å². The van der Waals surface area contributed by atoms with E-state index in [1.807, 2.05) is 53.4 Å². The maximum absolute atomic E-state index is 13.0. The van der Waals surface area contributed by atoms with Crippen molar-refractivity contribution in [3.05, 3.63) is 71.8 Å². The Bertz CT molecular complexity index is 749. The molecule has 1 aliphatic rings. The lowest BCUT2D eigenvalue weighted by atomic mass is 10.1. The Morgan fingerprint density at radius 2 is 1.63 bits per heavy atom. The molecule has 1 heterocycles. The van der Waals surface area contributed by atoms with E-state index in [0.717, 1.165) is 18.4 Å². The molecular formula is C22H26N2O3. The molecule has 27 heavy (non-hydrogen) atoms. The van der Waals surface area contributed by atoms with Crippen LogP contribution in [0.5, 0.6) is 0 Å². The maximum atomic E-state index is 13.0. The molecule has 2 aromatic rings. The van der Waals surface area contributed by atoms with Gasteiger partial charge in [0.25, 0.3) is 0 Å². The van der Waals surface area contributed by atoms with Crippen molar-refractivity contribution in [1.82, 2.24) is 9.80 Å². The molecule has 142 valence electrons. The average Bonchev–Trinajstić information content (AvgIpc) is 3.15. The molecule has 1 N–H and O–H groups in total. The average molecular weight is 366 g/mol. The fourth-order valence-corrected chi connectivity index (χ4v) is 3.57. The summed E-state index contributed by atoms with van der Waals surface area (Å²) < 4.78 is 0. The third kappa shape index (κ3) is 5.41. The van der Waals surface area contributed by atoms with Crippen molar-refractivity contribution >= 4 is 11.9 Å². The Balaban J connectivity index is 1.67. The lowest BCUT2D eigenvalue weighted by molar-refractivity contribution is -0.143. The molecule has 0 unspecified atom stereocenters. The summed E-state index contributed by atoms with van der Waals surface area (Å²) in [6, 6.07) is 19.5. The largest absolute Gasteiger partial charge is 0.480 e. The third-order valence-electron chi connectivity index (χ3n) is 5.07. The van der Waals surface area contributed by atoms with E-state index in [1.54, 1.807) is 4.90 Å². The van der Waals surface area contributed by atoms with E-state index in [2.05, 4.69) is 12.1 Å². The predicted molar refractivity (Wildman–Crippen MR) is 104 cm³/mol. The smallest absolute Gasteiger partial charge is 0.320 e. The Kier molecular flexibility index (Phi) is 6.60. The molecule has 0 aliphatic carbocycles. The summed E-state index contributed by atoms with van der Waals surface area (Å²) in [4.78, 5) is 28.0. The van der Waals surface area contributed by atoms with Crippen molar-refractivity contribution in [2.45, 2.75) is 31.8 Å². The molecule has 2 aromatic carbocycles. The number of hydrogen-bond donors (Lipinski definition) is 1. The molecule has 3 rings (SSSR count). The second-order valence-electron chi connectivity index (χ2n) is 7.00. The standard InChI is InChI=1S/C22H26N2O3/c25-21(17-23-14-7-12-20(23)22(26)27)24(16-19-10-5-2-6-11-19)15-13-18-8-3-1-4-9-18/h1-6,8-11,20H,7,12-17H2,(H,26,27)/t20-/m1/s1. The Hall–Kier alpha value is -2.66. The molecule has 0 radical (unpaired) electrons. The van der Waals surface area contributed by atoms with E-state index in [0.29, 0.717) is 26.1 Å². The van der Waals surface area contributed by atoms with Gasteiger partial charge in [-0.2, -0.15) is 0 Å². The van der Waals surface area contributed by atoms with E-state index in [9.17, 15) is 14.7 Å². The number of carboxylic acid groups (broad SMARTS) is 1. The Labute approximate surface area is 160 Å². The molecule has 5 heteroatoms. The first kappa shape index (κ1) is 19.1. The van der Waals surface area contributed by atoms with Crippen molar-refractivity contribution in [3.8, 4) is 0 Å². The number of benzene rings is 2. The van der Waals surface area contributed by atoms with Crippen molar-refractivity contribution in [2.75, 3.05) is 19.6 Å². The van der Waals surface area contributed by atoms with Crippen LogP contribution in [0.3, 0.4) is 0 Å². The minimum atomic E-state index is -0.834. The quantitative estimate of drug-likeness (QED) is 0.780. The fourth-order valence-electron chi connectivity index (χ4n) is 3.57. The summed E-state index contributed by atoms with van der Waals surface area (Å²) >= 11 is 0. The highest BCUT2D eigenvalue weighted by atomic mass is 16.4. The van der Waals surface area contributed by atoms with Crippen LogP contribution in [0.1, 0.15) is 24.0 Å². The van der Waals surface area contributed by atoms with Crippen LogP contribution < -0.4 is 0 Å². The van der Waals surface area contributed by atoms with Crippen molar-refractivity contribution in [2.24, 2.45) is 0 Å². The SMILES string of the molecule is O=C(O)[C@H]1CCCN1CC(=O)N(CCc1ccccc1)Cc1ccccc1. The summed E-state index contributed by atoms with van der Waals surface area (Å²) in [6.07, 6.45) is 2.22. The number of carbonyl (C=O) groups excluding carboxylic acids is 1. The highest BCUT2D eigenvalue weighted by Gasteiger charge is 2.32. The topological polar surface area (TPSA) is 60.9 Å². The maximum Gasteiger partial charge on any atom is 0.320 e. The van der Waals surface area contributed by atoms with E-state index in [1.165, 1.54) is 5.56 Å². The molecule has 1 atom stereocenters. The van der Waals surface area contributed by atoms with Gasteiger partial charge >= 0.3 is 5.97 Å². The first-order chi connectivity index (χ1) is 13.1. The van der Waals surface area contributed by atoms with E-state index >= 15 is 0 Å². The number of hydrogen-bond acceptors (Lipinski definition) is 3. The first-order valence-electron chi connectivity index (χ1n) is 9.46. The minimum absolute atomic E-state index is 0.0112. The summed E-state index contributed by atoms with van der Waals surface area (Å²) in [6.45, 7) is 1.99. The van der Waals surface area contributed by atoms with Gasteiger partial charge in [-0.3, -0.25) is 14.5 Å². The number of carbonyl (C=O) groups is 2. The van der Waals surface area contributed by atoms with Gasteiger partial charge in [0.15, 0.2) is 0 Å². The summed E-state index contributed by atoms with van der Waals surface area (Å²) in [7, 11) is 0. The number of aliphatic carboxylic acids is 1. The van der Waals surface area contributed by atoms with Gasteiger partial charge in [-0.05, 0) is 36.9 Å². The molecule has 0 bridgehead atoms. The second kappa shape index (κ2) is 9.33. The van der Waals surface area contributed by atoms with E-state index in [-0.39, 0.29) is 12.5 Å². The number of amides is 1. The van der Waals surface area contributed by atoms with Crippen LogP contribution in [-0.4, -0.2) is 52.5 Å². The zero-order chi connectivity index (χ0) is 19.1. The van der Waals surface area contributed by atoms with Crippen LogP contribution >= 0.6 is 0 Å². The van der Waals surface area contributed by atoms with E-state index < -0.39 is 12.0 Å². The van der Waals surface area contributed by atoms with Gasteiger partial charge in [0, 0.05) is 13.1 Å². The summed E-state index contributed by atoms with van der Waals surface area (Å²) in [5, 5.41) is 9.36. The molecule has 1 fully saturated rings. The van der Waals surface area contributed by atoms with Crippen LogP contribution in [0.25, 0.3) is 0 Å². The molecule has 1 amide bonds. The fraction of sp³-hybridized carbons (Fsp3) is 0.364. The molecule has 0 spiro atoms. The van der Waals surface area contributed by atoms with Gasteiger partial charge < -0.3 is 10.0 Å². The minimum Gasteiger partial charge on any atom is -0.480 e. The lowest BCUT2D eigenvalue weighted by Gasteiger charge is -2.27. The second-order valence-corrected chi connectivity index (χ2v) is 7.00. The first-order valence-corrected chi connectivity index (χ1v) is 9.46. The number of likely N-dealkylation sites (tertiary alicyclic amines) is 1. The lowest BCUT2D eigenvalue weighted by Crippen LogP contribution is -2.45. The number of nitrogens with zero attached hydrogens (tertiary/aromatic N) is 2. The Morgan fingerprint density at radius 3 is 2.26 bits per heavy atom.